The van der Waals surface area contributed by atoms with Crippen LogP contribution in [-0.2, 0) is 5.41 Å². The molecule has 2 aromatic heterocycles. The molecule has 0 spiro atoms. The van der Waals surface area contributed by atoms with Gasteiger partial charge in [0.25, 0.3) is 0 Å². The van der Waals surface area contributed by atoms with Crippen molar-refractivity contribution in [3.8, 4) is 10.6 Å². The molecule has 0 aliphatic heterocycles. The normalized spacial score (nSPS) is 17.7. The zero-order chi connectivity index (χ0) is 11.7. The van der Waals surface area contributed by atoms with Crippen molar-refractivity contribution < 1.29 is 5.11 Å². The van der Waals surface area contributed by atoms with Crippen molar-refractivity contribution in [1.29, 1.82) is 0 Å². The summed E-state index contributed by atoms with van der Waals surface area (Å²) in [4.78, 5) is 8.77. The minimum absolute atomic E-state index is 0.0586. The second kappa shape index (κ2) is 4.20. The molecular formula is C13H14N2OS. The number of hydrogen-bond donors (Lipinski definition) is 1. The van der Waals surface area contributed by atoms with Crippen LogP contribution in [0.1, 0.15) is 25.0 Å². The molecule has 0 saturated heterocycles. The summed E-state index contributed by atoms with van der Waals surface area (Å²) >= 11 is 1.63. The van der Waals surface area contributed by atoms with E-state index in [2.05, 4.69) is 15.3 Å². The molecule has 3 nitrogen and oxygen atoms in total. The summed E-state index contributed by atoms with van der Waals surface area (Å²) in [7, 11) is 0. The molecule has 0 amide bonds. The Labute approximate surface area is 104 Å². The molecule has 1 saturated carbocycles. The van der Waals surface area contributed by atoms with Crippen molar-refractivity contribution in [2.75, 3.05) is 6.61 Å². The van der Waals surface area contributed by atoms with Crippen LogP contribution in [0.4, 0.5) is 0 Å². The zero-order valence-corrected chi connectivity index (χ0v) is 10.3. The Bertz CT molecular complexity index is 500. The molecule has 88 valence electrons. The Hall–Kier alpha value is -1.26. The first-order valence-electron chi connectivity index (χ1n) is 5.81. The molecule has 0 unspecified atom stereocenters. The molecule has 0 bridgehead atoms. The van der Waals surface area contributed by atoms with Crippen LogP contribution in [0.5, 0.6) is 0 Å². The average molecular weight is 246 g/mol. The molecule has 4 heteroatoms. The van der Waals surface area contributed by atoms with Crippen molar-refractivity contribution in [2.45, 2.75) is 24.7 Å². The van der Waals surface area contributed by atoms with Gasteiger partial charge < -0.3 is 5.11 Å². The lowest BCUT2D eigenvalue weighted by Gasteiger charge is -2.38. The predicted octanol–water partition coefficient (Wildman–Crippen LogP) is 2.62. The van der Waals surface area contributed by atoms with Crippen molar-refractivity contribution in [3.63, 3.8) is 0 Å². The molecule has 1 aliphatic carbocycles. The Morgan fingerprint density at radius 3 is 2.88 bits per heavy atom. The Morgan fingerprint density at radius 2 is 2.29 bits per heavy atom. The van der Waals surface area contributed by atoms with Gasteiger partial charge in [-0.2, -0.15) is 0 Å². The fraction of sp³-hybridized carbons (Fsp3) is 0.385. The van der Waals surface area contributed by atoms with Crippen LogP contribution < -0.4 is 0 Å². The number of aliphatic hydroxyl groups excluding tert-OH is 1. The van der Waals surface area contributed by atoms with E-state index in [0.717, 1.165) is 29.1 Å². The lowest BCUT2D eigenvalue weighted by molar-refractivity contribution is 0.117. The topological polar surface area (TPSA) is 46.0 Å². The first-order chi connectivity index (χ1) is 8.34. The summed E-state index contributed by atoms with van der Waals surface area (Å²) < 4.78 is 0. The molecule has 0 aromatic carbocycles. The van der Waals surface area contributed by atoms with Gasteiger partial charge in [-0.25, -0.2) is 4.98 Å². The maximum atomic E-state index is 9.52. The van der Waals surface area contributed by atoms with Crippen LogP contribution in [0.2, 0.25) is 0 Å². The fourth-order valence-corrected chi connectivity index (χ4v) is 3.17. The van der Waals surface area contributed by atoms with E-state index < -0.39 is 0 Å². The van der Waals surface area contributed by atoms with Gasteiger partial charge >= 0.3 is 0 Å². The third-order valence-corrected chi connectivity index (χ3v) is 4.46. The van der Waals surface area contributed by atoms with E-state index in [1.807, 2.05) is 18.3 Å². The highest BCUT2D eigenvalue weighted by atomic mass is 32.1. The lowest BCUT2D eigenvalue weighted by atomic mass is 9.67. The number of thiazole rings is 1. The number of nitrogens with zero attached hydrogens (tertiary/aromatic N) is 2. The van der Waals surface area contributed by atoms with E-state index >= 15 is 0 Å². The highest BCUT2D eigenvalue weighted by molar-refractivity contribution is 7.13. The summed E-state index contributed by atoms with van der Waals surface area (Å²) in [5.41, 5.74) is 2.04. The summed E-state index contributed by atoms with van der Waals surface area (Å²) in [5, 5.41) is 12.6. The molecule has 17 heavy (non-hydrogen) atoms. The van der Waals surface area contributed by atoms with E-state index in [4.69, 9.17) is 0 Å². The van der Waals surface area contributed by atoms with Crippen molar-refractivity contribution in [1.82, 2.24) is 9.97 Å². The maximum Gasteiger partial charge on any atom is 0.125 e. The Balaban J connectivity index is 1.93. The van der Waals surface area contributed by atoms with Gasteiger partial charge in [-0.15, -0.1) is 11.3 Å². The van der Waals surface area contributed by atoms with Crippen LogP contribution in [0.3, 0.4) is 0 Å². The number of rotatable bonds is 3. The highest BCUT2D eigenvalue weighted by Crippen LogP contribution is 2.44. The molecule has 2 aromatic rings. The van der Waals surface area contributed by atoms with Crippen molar-refractivity contribution >= 4 is 11.3 Å². The standard InChI is InChI=1S/C13H14N2OS/c16-9-13(4-2-5-13)11-8-17-12(15-11)10-3-1-6-14-7-10/h1,3,6-8,16H,2,4-5,9H2. The third-order valence-electron chi connectivity index (χ3n) is 3.57. The SMILES string of the molecule is OCC1(c2csc(-c3cccnc3)n2)CCC1. The summed E-state index contributed by atoms with van der Waals surface area (Å²) in [6, 6.07) is 3.93. The van der Waals surface area contributed by atoms with E-state index in [-0.39, 0.29) is 12.0 Å². The molecule has 0 atom stereocenters. The smallest absolute Gasteiger partial charge is 0.125 e. The lowest BCUT2D eigenvalue weighted by Crippen LogP contribution is -2.38. The Kier molecular flexibility index (Phi) is 2.68. The van der Waals surface area contributed by atoms with Crippen molar-refractivity contribution in [2.24, 2.45) is 0 Å². The monoisotopic (exact) mass is 246 g/mol. The van der Waals surface area contributed by atoms with E-state index in [0.29, 0.717) is 0 Å². The van der Waals surface area contributed by atoms with Crippen LogP contribution in [0, 0.1) is 0 Å². The fourth-order valence-electron chi connectivity index (χ4n) is 2.24. The van der Waals surface area contributed by atoms with Crippen LogP contribution in [0.25, 0.3) is 10.6 Å². The zero-order valence-electron chi connectivity index (χ0n) is 9.47. The summed E-state index contributed by atoms with van der Waals surface area (Å²) in [6.45, 7) is 0.212. The van der Waals surface area contributed by atoms with Gasteiger partial charge in [0.05, 0.1) is 12.3 Å². The van der Waals surface area contributed by atoms with Gasteiger partial charge in [-0.1, -0.05) is 6.42 Å². The second-order valence-electron chi connectivity index (χ2n) is 4.57. The molecule has 1 N–H and O–H groups in total. The van der Waals surface area contributed by atoms with Crippen LogP contribution >= 0.6 is 11.3 Å². The van der Waals surface area contributed by atoms with Crippen LogP contribution in [-0.4, -0.2) is 21.7 Å². The van der Waals surface area contributed by atoms with E-state index in [9.17, 15) is 5.11 Å². The minimum atomic E-state index is -0.0586. The molecule has 1 aliphatic rings. The largest absolute Gasteiger partial charge is 0.395 e. The molecule has 2 heterocycles. The van der Waals surface area contributed by atoms with Gasteiger partial charge in [-0.05, 0) is 25.0 Å². The van der Waals surface area contributed by atoms with E-state index in [1.165, 1.54) is 6.42 Å². The molecule has 1 fully saturated rings. The van der Waals surface area contributed by atoms with Gasteiger partial charge in [0.2, 0.25) is 0 Å². The highest BCUT2D eigenvalue weighted by Gasteiger charge is 2.40. The van der Waals surface area contributed by atoms with Crippen molar-refractivity contribution in [3.05, 3.63) is 35.6 Å². The average Bonchev–Trinajstić information content (AvgIpc) is 2.80. The minimum Gasteiger partial charge on any atom is -0.395 e. The number of aromatic nitrogens is 2. The molecular weight excluding hydrogens is 232 g/mol. The summed E-state index contributed by atoms with van der Waals surface area (Å²) in [6.07, 6.45) is 6.90. The van der Waals surface area contributed by atoms with Gasteiger partial charge in [0.15, 0.2) is 0 Å². The van der Waals surface area contributed by atoms with Crippen LogP contribution in [0.15, 0.2) is 29.9 Å². The van der Waals surface area contributed by atoms with Gasteiger partial charge in [0, 0.05) is 28.8 Å². The number of aliphatic hydroxyl groups is 1. The quantitative estimate of drug-likeness (QED) is 0.905. The second-order valence-corrected chi connectivity index (χ2v) is 5.43. The third kappa shape index (κ3) is 1.77. The number of pyridine rings is 1. The first-order valence-corrected chi connectivity index (χ1v) is 6.69. The molecule has 0 radical (unpaired) electrons. The summed E-state index contributed by atoms with van der Waals surface area (Å²) in [5.74, 6) is 0. The van der Waals surface area contributed by atoms with Gasteiger partial charge in [-0.3, -0.25) is 4.98 Å². The van der Waals surface area contributed by atoms with E-state index in [1.54, 1.807) is 17.5 Å². The first kappa shape index (κ1) is 10.9. The maximum absolute atomic E-state index is 9.52. The molecule has 3 rings (SSSR count). The predicted molar refractivity (Wildman–Crippen MR) is 68.0 cm³/mol. The Morgan fingerprint density at radius 1 is 1.41 bits per heavy atom. The van der Waals surface area contributed by atoms with Gasteiger partial charge in [0.1, 0.15) is 5.01 Å². The number of hydrogen-bond acceptors (Lipinski definition) is 4.